The Morgan fingerprint density at radius 1 is 0.854 bits per heavy atom. The number of carbonyl (C=O) groups is 1. The minimum absolute atomic E-state index is 0.00962. The minimum atomic E-state index is -3.87. The van der Waals surface area contributed by atoms with Crippen LogP contribution >= 0.6 is 0 Å². The lowest BCUT2D eigenvalue weighted by molar-refractivity contribution is -0.122. The van der Waals surface area contributed by atoms with Crippen molar-refractivity contribution in [3.05, 3.63) is 113 Å². The number of nitrogens with zero attached hydrogens (tertiary/aromatic N) is 1. The van der Waals surface area contributed by atoms with Gasteiger partial charge in [0, 0.05) is 13.0 Å². The first-order valence-corrected chi connectivity index (χ1v) is 16.1. The molecule has 6 rings (SSSR count). The van der Waals surface area contributed by atoms with Gasteiger partial charge in [0.15, 0.2) is 0 Å². The highest BCUT2D eigenvalue weighted by Crippen LogP contribution is 2.33. The molecule has 0 spiro atoms. The number of piperidine rings is 1. The molecule has 1 aliphatic carbocycles. The monoisotopic (exact) mass is 567 g/mol. The summed E-state index contributed by atoms with van der Waals surface area (Å²) in [4.78, 5) is 16.1. The number of likely N-dealkylation sites (tertiary alicyclic amines) is 1. The topological polar surface area (TPSA) is 78.5 Å². The maximum absolute atomic E-state index is 13.5. The van der Waals surface area contributed by atoms with Crippen LogP contribution in [0.2, 0.25) is 0 Å². The van der Waals surface area contributed by atoms with Crippen LogP contribution in [0.5, 0.6) is 0 Å². The molecule has 6 nitrogen and oxygen atoms in total. The van der Waals surface area contributed by atoms with Crippen LogP contribution in [0.4, 0.5) is 0 Å². The molecule has 0 saturated carbocycles. The van der Waals surface area contributed by atoms with Crippen molar-refractivity contribution in [3.63, 3.8) is 0 Å². The number of sulfonamides is 1. The molecule has 0 radical (unpaired) electrons. The Kier molecular flexibility index (Phi) is 8.19. The van der Waals surface area contributed by atoms with E-state index >= 15 is 0 Å². The molecule has 4 aromatic carbocycles. The van der Waals surface area contributed by atoms with Gasteiger partial charge in [0.1, 0.15) is 0 Å². The summed E-state index contributed by atoms with van der Waals surface area (Å²) in [5.41, 5.74) is 4.57. The number of benzene rings is 4. The van der Waals surface area contributed by atoms with Crippen LogP contribution in [0.3, 0.4) is 0 Å². The van der Waals surface area contributed by atoms with Crippen molar-refractivity contribution in [2.24, 2.45) is 0 Å². The Balaban J connectivity index is 1.15. The molecule has 2 N–H and O–H groups in total. The Labute approximate surface area is 242 Å². The van der Waals surface area contributed by atoms with Crippen molar-refractivity contribution < 1.29 is 13.2 Å². The van der Waals surface area contributed by atoms with Gasteiger partial charge >= 0.3 is 0 Å². The zero-order valence-corrected chi connectivity index (χ0v) is 24.1. The molecule has 212 valence electrons. The molecule has 1 amide bonds. The number of rotatable bonds is 9. The largest absolute Gasteiger partial charge is 0.349 e. The fourth-order valence-electron chi connectivity index (χ4n) is 6.24. The van der Waals surface area contributed by atoms with E-state index in [0.29, 0.717) is 0 Å². The number of nitrogens with one attached hydrogen (secondary N) is 2. The second kappa shape index (κ2) is 12.1. The van der Waals surface area contributed by atoms with Gasteiger partial charge in [-0.2, -0.15) is 0 Å². The first-order chi connectivity index (χ1) is 19.9. The highest BCUT2D eigenvalue weighted by molar-refractivity contribution is 7.89. The third-order valence-electron chi connectivity index (χ3n) is 8.40. The SMILES string of the molecule is O=C(C[C@@H](NS(=O)(=O)c1ccc2ccccc2c1)c1ccccc1)N[C@@H]1CCc2cc(CN3CCCCC3)ccc21. The number of fused-ring (bicyclic) bond motifs is 2. The smallest absolute Gasteiger partial charge is 0.241 e. The molecule has 2 atom stereocenters. The molecule has 41 heavy (non-hydrogen) atoms. The van der Waals surface area contributed by atoms with Crippen LogP contribution in [-0.4, -0.2) is 32.3 Å². The number of carbonyl (C=O) groups excluding carboxylic acids is 1. The van der Waals surface area contributed by atoms with Crippen LogP contribution in [0.1, 0.15) is 66.4 Å². The highest BCUT2D eigenvalue weighted by Gasteiger charge is 2.28. The quantitative estimate of drug-likeness (QED) is 0.259. The van der Waals surface area contributed by atoms with Gasteiger partial charge in [-0.15, -0.1) is 0 Å². The Hall–Kier alpha value is -3.52. The Bertz CT molecular complexity index is 1630. The van der Waals surface area contributed by atoms with Crippen molar-refractivity contribution >= 4 is 26.7 Å². The van der Waals surface area contributed by atoms with Gasteiger partial charge in [0.25, 0.3) is 0 Å². The molecule has 0 aromatic heterocycles. The van der Waals surface area contributed by atoms with E-state index in [9.17, 15) is 13.2 Å². The van der Waals surface area contributed by atoms with Crippen LogP contribution in [-0.2, 0) is 27.8 Å². The molecule has 2 aliphatic rings. The second-order valence-electron chi connectivity index (χ2n) is 11.3. The summed E-state index contributed by atoms with van der Waals surface area (Å²) < 4.78 is 29.8. The molecular formula is C34H37N3O3S. The zero-order chi connectivity index (χ0) is 28.2. The Morgan fingerprint density at radius 2 is 1.61 bits per heavy atom. The molecule has 1 fully saturated rings. The van der Waals surface area contributed by atoms with Gasteiger partial charge < -0.3 is 5.32 Å². The first-order valence-electron chi connectivity index (χ1n) is 14.6. The van der Waals surface area contributed by atoms with Crippen LogP contribution in [0.15, 0.2) is 95.9 Å². The molecule has 7 heteroatoms. The Morgan fingerprint density at radius 3 is 2.41 bits per heavy atom. The highest BCUT2D eigenvalue weighted by atomic mass is 32.2. The maximum atomic E-state index is 13.5. The van der Waals surface area contributed by atoms with Crippen molar-refractivity contribution in [1.29, 1.82) is 0 Å². The van der Waals surface area contributed by atoms with Crippen LogP contribution in [0, 0.1) is 0 Å². The van der Waals surface area contributed by atoms with E-state index in [1.165, 1.54) is 49.0 Å². The molecule has 0 bridgehead atoms. The fraction of sp³-hybridized carbons (Fsp3) is 0.324. The van der Waals surface area contributed by atoms with E-state index < -0.39 is 16.1 Å². The van der Waals surface area contributed by atoms with E-state index in [4.69, 9.17) is 0 Å². The van der Waals surface area contributed by atoms with E-state index in [1.807, 2.05) is 60.7 Å². The summed E-state index contributed by atoms with van der Waals surface area (Å²) in [5.74, 6) is -0.171. The fourth-order valence-corrected chi connectivity index (χ4v) is 7.50. The van der Waals surface area contributed by atoms with E-state index in [-0.39, 0.29) is 23.3 Å². The number of hydrogen-bond donors (Lipinski definition) is 2. The summed E-state index contributed by atoms with van der Waals surface area (Å²) >= 11 is 0. The number of aryl methyl sites for hydroxylation is 1. The van der Waals surface area contributed by atoms with E-state index in [0.717, 1.165) is 35.7 Å². The van der Waals surface area contributed by atoms with Crippen LogP contribution in [0.25, 0.3) is 10.8 Å². The van der Waals surface area contributed by atoms with Gasteiger partial charge in [-0.05, 0) is 83.9 Å². The maximum Gasteiger partial charge on any atom is 0.241 e. The van der Waals surface area contributed by atoms with Crippen molar-refractivity contribution in [2.45, 2.75) is 62.0 Å². The lowest BCUT2D eigenvalue weighted by Gasteiger charge is -2.26. The lowest BCUT2D eigenvalue weighted by atomic mass is 10.0. The van der Waals surface area contributed by atoms with Crippen molar-refractivity contribution in [2.75, 3.05) is 13.1 Å². The third-order valence-corrected chi connectivity index (χ3v) is 9.86. The summed E-state index contributed by atoms with van der Waals surface area (Å²) in [6.07, 6.45) is 5.69. The second-order valence-corrected chi connectivity index (χ2v) is 13.0. The van der Waals surface area contributed by atoms with Crippen molar-refractivity contribution in [3.8, 4) is 0 Å². The predicted molar refractivity (Wildman–Crippen MR) is 163 cm³/mol. The summed E-state index contributed by atoms with van der Waals surface area (Å²) in [5, 5.41) is 5.03. The molecule has 0 unspecified atom stereocenters. The summed E-state index contributed by atoms with van der Waals surface area (Å²) in [6, 6.07) is 28.0. The predicted octanol–water partition coefficient (Wildman–Crippen LogP) is 6.04. The molecular weight excluding hydrogens is 530 g/mol. The number of hydrogen-bond acceptors (Lipinski definition) is 4. The molecule has 4 aromatic rings. The standard InChI is InChI=1S/C34H37N3O3S/c38-34(35-32-18-15-29-21-25(13-17-31(29)32)24-37-19-7-2-8-20-37)23-33(27-10-3-1-4-11-27)36-41(39,40)30-16-14-26-9-5-6-12-28(26)22-30/h1,3-6,9-14,16-17,21-22,32-33,36H,2,7-8,15,18-20,23-24H2,(H,35,38)/t32-,33-/m1/s1. The lowest BCUT2D eigenvalue weighted by Crippen LogP contribution is -2.35. The van der Waals surface area contributed by atoms with Crippen molar-refractivity contribution in [1.82, 2.24) is 14.9 Å². The van der Waals surface area contributed by atoms with Crippen LogP contribution < -0.4 is 10.0 Å². The molecule has 1 aliphatic heterocycles. The normalized spacial score (nSPS) is 18.2. The summed E-state index contributed by atoms with van der Waals surface area (Å²) in [6.45, 7) is 3.33. The number of amides is 1. The summed E-state index contributed by atoms with van der Waals surface area (Å²) in [7, 11) is -3.87. The van der Waals surface area contributed by atoms with E-state index in [2.05, 4.69) is 33.1 Å². The first kappa shape index (κ1) is 27.6. The van der Waals surface area contributed by atoms with Gasteiger partial charge in [-0.25, -0.2) is 13.1 Å². The third kappa shape index (κ3) is 6.53. The van der Waals surface area contributed by atoms with Gasteiger partial charge in [-0.1, -0.05) is 85.3 Å². The average molecular weight is 568 g/mol. The van der Waals surface area contributed by atoms with E-state index in [1.54, 1.807) is 12.1 Å². The average Bonchev–Trinajstić information content (AvgIpc) is 3.39. The molecule has 1 heterocycles. The zero-order valence-electron chi connectivity index (χ0n) is 23.3. The minimum Gasteiger partial charge on any atom is -0.349 e. The van der Waals surface area contributed by atoms with Gasteiger partial charge in [0.2, 0.25) is 15.9 Å². The van der Waals surface area contributed by atoms with Gasteiger partial charge in [-0.3, -0.25) is 9.69 Å². The molecule has 1 saturated heterocycles. The van der Waals surface area contributed by atoms with Gasteiger partial charge in [0.05, 0.1) is 17.0 Å².